The molecule has 0 saturated heterocycles. The largest absolute Gasteiger partial charge is 0.389 e. The third-order valence-corrected chi connectivity index (χ3v) is 2.41. The van der Waals surface area contributed by atoms with Crippen molar-refractivity contribution >= 4 is 0 Å². The number of hydrogen-bond acceptors (Lipinski definition) is 2. The fourth-order valence-corrected chi connectivity index (χ4v) is 1.50. The Labute approximate surface area is 82.9 Å². The normalized spacial score (nSPS) is 16.2. The third-order valence-electron chi connectivity index (χ3n) is 2.41. The summed E-state index contributed by atoms with van der Waals surface area (Å²) in [6.07, 6.45) is 3.16. The molecule has 0 bridgehead atoms. The number of rotatable bonds is 7. The van der Waals surface area contributed by atoms with E-state index in [1.54, 1.807) is 0 Å². The molecule has 0 aliphatic carbocycles. The first kappa shape index (κ1) is 12.9. The highest BCUT2D eigenvalue weighted by Crippen LogP contribution is 2.11. The Hall–Kier alpha value is -0.0800. The van der Waals surface area contributed by atoms with Crippen LogP contribution < -0.4 is 0 Å². The molecule has 0 fully saturated rings. The molecule has 1 N–H and O–H groups in total. The Balaban J connectivity index is 3.92. The molecule has 0 saturated carbocycles. The van der Waals surface area contributed by atoms with Gasteiger partial charge in [-0.15, -0.1) is 0 Å². The molecule has 80 valence electrons. The number of hydrogen-bond donors (Lipinski definition) is 1. The lowest BCUT2D eigenvalue weighted by Gasteiger charge is -2.30. The van der Waals surface area contributed by atoms with Crippen molar-refractivity contribution in [1.82, 2.24) is 4.90 Å². The average molecular weight is 187 g/mol. The predicted octanol–water partition coefficient (Wildman–Crippen LogP) is 2.27. The van der Waals surface area contributed by atoms with Gasteiger partial charge in [0.2, 0.25) is 0 Å². The van der Waals surface area contributed by atoms with Crippen molar-refractivity contribution in [3.63, 3.8) is 0 Å². The summed E-state index contributed by atoms with van der Waals surface area (Å²) in [4.78, 5) is 2.35. The van der Waals surface area contributed by atoms with Crippen molar-refractivity contribution in [1.29, 1.82) is 0 Å². The highest BCUT2D eigenvalue weighted by molar-refractivity contribution is 4.75. The van der Waals surface area contributed by atoms with Gasteiger partial charge < -0.3 is 10.0 Å². The lowest BCUT2D eigenvalue weighted by atomic mass is 10.0. The summed E-state index contributed by atoms with van der Waals surface area (Å²) in [5.41, 5.74) is -0.510. The van der Waals surface area contributed by atoms with Crippen LogP contribution in [0.15, 0.2) is 0 Å². The van der Waals surface area contributed by atoms with E-state index < -0.39 is 5.60 Å². The summed E-state index contributed by atoms with van der Waals surface area (Å²) in [6, 6.07) is 0. The lowest BCUT2D eigenvalue weighted by molar-refractivity contribution is 0.0164. The molecule has 0 aliphatic heterocycles. The molecule has 0 aliphatic rings. The molecule has 13 heavy (non-hydrogen) atoms. The van der Waals surface area contributed by atoms with Gasteiger partial charge in [0.05, 0.1) is 5.60 Å². The van der Waals surface area contributed by atoms with Gasteiger partial charge in [-0.25, -0.2) is 0 Å². The van der Waals surface area contributed by atoms with Crippen LogP contribution in [-0.2, 0) is 0 Å². The van der Waals surface area contributed by atoms with Crippen molar-refractivity contribution in [2.75, 3.05) is 19.6 Å². The van der Waals surface area contributed by atoms with E-state index in [2.05, 4.69) is 18.7 Å². The molecule has 0 aromatic rings. The first-order chi connectivity index (χ1) is 6.05. The molecule has 0 aromatic heterocycles. The second-order valence-electron chi connectivity index (χ2n) is 4.13. The lowest BCUT2D eigenvalue weighted by Crippen LogP contribution is -2.41. The molecule has 0 rings (SSSR count). The van der Waals surface area contributed by atoms with Gasteiger partial charge in [-0.2, -0.15) is 0 Å². The van der Waals surface area contributed by atoms with Crippen LogP contribution in [0.1, 0.15) is 47.0 Å². The molecule has 2 heteroatoms. The minimum atomic E-state index is -0.510. The first-order valence-corrected chi connectivity index (χ1v) is 5.50. The van der Waals surface area contributed by atoms with Gasteiger partial charge in [0.1, 0.15) is 0 Å². The van der Waals surface area contributed by atoms with Gasteiger partial charge in [-0.05, 0) is 39.3 Å². The minimum absolute atomic E-state index is 0.510. The van der Waals surface area contributed by atoms with Crippen molar-refractivity contribution in [3.05, 3.63) is 0 Å². The minimum Gasteiger partial charge on any atom is -0.389 e. The van der Waals surface area contributed by atoms with Crippen molar-refractivity contribution in [3.8, 4) is 0 Å². The Bertz CT molecular complexity index is 117. The van der Waals surface area contributed by atoms with E-state index in [-0.39, 0.29) is 0 Å². The predicted molar refractivity (Wildman–Crippen MR) is 57.9 cm³/mol. The second kappa shape index (κ2) is 6.39. The third kappa shape index (κ3) is 6.05. The quantitative estimate of drug-likeness (QED) is 0.661. The second-order valence-corrected chi connectivity index (χ2v) is 4.13. The summed E-state index contributed by atoms with van der Waals surface area (Å²) in [5.74, 6) is 0. The molecule has 2 nitrogen and oxygen atoms in total. The van der Waals surface area contributed by atoms with E-state index in [0.29, 0.717) is 0 Å². The summed E-state index contributed by atoms with van der Waals surface area (Å²) >= 11 is 0. The van der Waals surface area contributed by atoms with E-state index in [0.717, 1.165) is 26.1 Å². The maximum Gasteiger partial charge on any atom is 0.0743 e. The van der Waals surface area contributed by atoms with Crippen LogP contribution in [-0.4, -0.2) is 35.2 Å². The number of nitrogens with zero attached hydrogens (tertiary/aromatic N) is 1. The fourth-order valence-electron chi connectivity index (χ4n) is 1.50. The summed E-state index contributed by atoms with van der Waals surface area (Å²) < 4.78 is 0. The Morgan fingerprint density at radius 3 is 1.85 bits per heavy atom. The zero-order valence-corrected chi connectivity index (χ0v) is 9.64. The Morgan fingerprint density at radius 2 is 1.54 bits per heavy atom. The van der Waals surface area contributed by atoms with E-state index in [9.17, 15) is 5.11 Å². The van der Waals surface area contributed by atoms with Crippen LogP contribution in [0.2, 0.25) is 0 Å². The summed E-state index contributed by atoms with van der Waals surface area (Å²) in [7, 11) is 0. The van der Waals surface area contributed by atoms with Crippen molar-refractivity contribution in [2.45, 2.75) is 52.6 Å². The molecule has 1 atom stereocenters. The molecule has 0 radical (unpaired) electrons. The SMILES string of the molecule is CCCN(CCC)CC(C)(O)CC. The van der Waals surface area contributed by atoms with Crippen LogP contribution >= 0.6 is 0 Å². The summed E-state index contributed by atoms with van der Waals surface area (Å²) in [6.45, 7) is 11.3. The van der Waals surface area contributed by atoms with Crippen molar-refractivity contribution in [2.24, 2.45) is 0 Å². The topological polar surface area (TPSA) is 23.5 Å². The molecular formula is C11H25NO. The Morgan fingerprint density at radius 1 is 1.08 bits per heavy atom. The van der Waals surface area contributed by atoms with Crippen molar-refractivity contribution < 1.29 is 5.11 Å². The highest BCUT2D eigenvalue weighted by Gasteiger charge is 2.20. The van der Waals surface area contributed by atoms with E-state index in [4.69, 9.17) is 0 Å². The summed E-state index contributed by atoms with van der Waals surface area (Å²) in [5, 5.41) is 9.91. The van der Waals surface area contributed by atoms with E-state index in [1.807, 2.05) is 13.8 Å². The average Bonchev–Trinajstić information content (AvgIpc) is 2.05. The van der Waals surface area contributed by atoms with Gasteiger partial charge in [0.25, 0.3) is 0 Å². The highest BCUT2D eigenvalue weighted by atomic mass is 16.3. The van der Waals surface area contributed by atoms with Crippen LogP contribution in [0.25, 0.3) is 0 Å². The van der Waals surface area contributed by atoms with Crippen LogP contribution in [0.3, 0.4) is 0 Å². The van der Waals surface area contributed by atoms with Gasteiger partial charge in [0, 0.05) is 6.54 Å². The maximum atomic E-state index is 9.91. The smallest absolute Gasteiger partial charge is 0.0743 e. The molecule has 0 aromatic carbocycles. The van der Waals surface area contributed by atoms with Gasteiger partial charge in [-0.3, -0.25) is 0 Å². The van der Waals surface area contributed by atoms with Gasteiger partial charge in [0.15, 0.2) is 0 Å². The zero-order valence-electron chi connectivity index (χ0n) is 9.64. The van der Waals surface area contributed by atoms with Gasteiger partial charge >= 0.3 is 0 Å². The maximum absolute atomic E-state index is 9.91. The first-order valence-electron chi connectivity index (χ1n) is 5.50. The van der Waals surface area contributed by atoms with E-state index in [1.165, 1.54) is 12.8 Å². The molecule has 0 amide bonds. The standard InChI is InChI=1S/C11H25NO/c1-5-8-12(9-6-2)10-11(4,13)7-3/h13H,5-10H2,1-4H3. The molecule has 0 spiro atoms. The van der Waals surface area contributed by atoms with E-state index >= 15 is 0 Å². The zero-order chi connectivity index (χ0) is 10.3. The monoisotopic (exact) mass is 187 g/mol. The van der Waals surface area contributed by atoms with Crippen LogP contribution in [0.5, 0.6) is 0 Å². The molecule has 1 unspecified atom stereocenters. The molecule has 0 heterocycles. The Kier molecular flexibility index (Phi) is 6.35. The van der Waals surface area contributed by atoms with Crippen LogP contribution in [0.4, 0.5) is 0 Å². The number of aliphatic hydroxyl groups is 1. The fraction of sp³-hybridized carbons (Fsp3) is 1.00. The van der Waals surface area contributed by atoms with Gasteiger partial charge in [-0.1, -0.05) is 20.8 Å². The molecular weight excluding hydrogens is 162 g/mol. The van der Waals surface area contributed by atoms with Crippen LogP contribution in [0, 0.1) is 0 Å².